The third kappa shape index (κ3) is 6.66. The second-order valence-corrected chi connectivity index (χ2v) is 3.43. The minimum Gasteiger partial charge on any atom is -0.359 e. The van der Waals surface area contributed by atoms with E-state index < -0.39 is 0 Å². The summed E-state index contributed by atoms with van der Waals surface area (Å²) in [5.41, 5.74) is 0.843. The number of hydrogen-bond acceptors (Lipinski definition) is 2. The van der Waals surface area contributed by atoms with Gasteiger partial charge in [0.2, 0.25) is 10.6 Å². The molecule has 21 heavy (non-hydrogen) atoms. The van der Waals surface area contributed by atoms with Crippen LogP contribution in [0.15, 0.2) is 71.2 Å². The van der Waals surface area contributed by atoms with Gasteiger partial charge in [-0.25, -0.2) is 0 Å². The summed E-state index contributed by atoms with van der Waals surface area (Å²) in [4.78, 5) is 0.778. The van der Waals surface area contributed by atoms with Crippen LogP contribution in [0.4, 0.5) is 11.4 Å². The first kappa shape index (κ1) is 18.8. The second-order valence-electron chi connectivity index (χ2n) is 3.43. The monoisotopic (exact) mass is 480 g/mol. The largest absolute Gasteiger partial charge is 0.359 e. The zero-order valence-electron chi connectivity index (χ0n) is 11.1. The molecule has 0 saturated heterocycles. The van der Waals surface area contributed by atoms with Gasteiger partial charge >= 0.3 is 0 Å². The molecular formula is C12H14HgN4O4+2. The van der Waals surface area contributed by atoms with Crippen LogP contribution in [0.2, 0.25) is 0 Å². The molecule has 0 saturated carbocycles. The minimum absolute atomic E-state index is 0. The van der Waals surface area contributed by atoms with Crippen LogP contribution >= 0.6 is 0 Å². The Balaban J connectivity index is 0.000000364. The van der Waals surface area contributed by atoms with Gasteiger partial charge in [0.25, 0.3) is 11.4 Å². The predicted octanol–water partition coefficient (Wildman–Crippen LogP) is 3.12. The molecule has 0 fully saturated rings. The smallest absolute Gasteiger partial charge is 0.292 e. The van der Waals surface area contributed by atoms with Crippen molar-refractivity contribution in [1.29, 1.82) is 0 Å². The molecule has 0 bridgehead atoms. The molecule has 9 heteroatoms. The molecule has 2 rings (SSSR count). The first-order valence-corrected chi connectivity index (χ1v) is 5.47. The maximum Gasteiger partial charge on any atom is 0.292 e. The summed E-state index contributed by atoms with van der Waals surface area (Å²) in [6.45, 7) is 0. The molecule has 0 heterocycles. The van der Waals surface area contributed by atoms with Gasteiger partial charge in [0.1, 0.15) is 0 Å². The van der Waals surface area contributed by atoms with E-state index in [0.29, 0.717) is 21.1 Å². The Labute approximate surface area is 140 Å². The fraction of sp³-hybridized carbons (Fsp3) is 0. The van der Waals surface area contributed by atoms with Crippen LogP contribution in [0.1, 0.15) is 0 Å². The van der Waals surface area contributed by atoms with E-state index in [1.807, 2.05) is 0 Å². The zero-order valence-corrected chi connectivity index (χ0v) is 16.6. The summed E-state index contributed by atoms with van der Waals surface area (Å²) in [6.07, 6.45) is 0. The van der Waals surface area contributed by atoms with E-state index in [-0.39, 0.29) is 27.7 Å². The molecule has 8 nitrogen and oxygen atoms in total. The number of benzene rings is 2. The van der Waals surface area contributed by atoms with E-state index >= 15 is 0 Å². The predicted molar refractivity (Wildman–Crippen MR) is 64.7 cm³/mol. The van der Waals surface area contributed by atoms with Crippen molar-refractivity contribution in [1.82, 2.24) is 0 Å². The molecular weight excluding hydrogens is 465 g/mol. The van der Waals surface area contributed by atoms with Crippen LogP contribution in [-0.4, -0.2) is 30.6 Å². The van der Waals surface area contributed by atoms with Crippen LogP contribution in [0.5, 0.6) is 0 Å². The third-order valence-corrected chi connectivity index (χ3v) is 2.14. The molecule has 0 amide bonds. The zero-order chi connectivity index (χ0) is 14.8. The van der Waals surface area contributed by atoms with Crippen molar-refractivity contribution in [2.75, 3.05) is 0 Å². The SMILES string of the molecule is O/N=[N+](\O)c1ccccc1.O/N=[N+](\O)c1ccccc1.[Hg]. The van der Waals surface area contributed by atoms with Gasteiger partial charge in [-0.2, -0.15) is 0 Å². The van der Waals surface area contributed by atoms with Crippen molar-refractivity contribution in [3.05, 3.63) is 60.7 Å². The first-order chi connectivity index (χ1) is 9.69. The summed E-state index contributed by atoms with van der Waals surface area (Å²) in [5.74, 6) is 0. The number of hydrogen-bond donors (Lipinski definition) is 4. The number of rotatable bonds is 2. The second kappa shape index (κ2) is 10.5. The third-order valence-electron chi connectivity index (χ3n) is 2.14. The Morgan fingerprint density at radius 3 is 1.14 bits per heavy atom. The topological polar surface area (TPSA) is 112 Å². The fourth-order valence-electron chi connectivity index (χ4n) is 1.23. The molecule has 2 aromatic carbocycles. The maximum atomic E-state index is 8.75. The van der Waals surface area contributed by atoms with Crippen LogP contribution < -0.4 is 0 Å². The summed E-state index contributed by atoms with van der Waals surface area (Å²) in [7, 11) is 0. The Morgan fingerprint density at radius 2 is 0.905 bits per heavy atom. The molecule has 0 spiro atoms. The van der Waals surface area contributed by atoms with Gasteiger partial charge in [0.15, 0.2) is 9.72 Å². The average Bonchev–Trinajstić information content (AvgIpc) is 2.55. The Morgan fingerprint density at radius 1 is 0.619 bits per heavy atom. The number of para-hydroxylation sites is 2. The summed E-state index contributed by atoms with van der Waals surface area (Å²) < 4.78 is 0. The summed E-state index contributed by atoms with van der Waals surface area (Å²) >= 11 is 0. The van der Waals surface area contributed by atoms with Crippen LogP contribution in [0.3, 0.4) is 0 Å². The number of nitrogens with zero attached hydrogens (tertiary/aromatic N) is 4. The van der Waals surface area contributed by atoms with Crippen molar-refractivity contribution in [2.24, 2.45) is 10.6 Å². The average molecular weight is 479 g/mol. The van der Waals surface area contributed by atoms with E-state index in [1.54, 1.807) is 60.7 Å². The molecule has 4 N–H and O–H groups in total. The molecule has 0 aliphatic rings. The van der Waals surface area contributed by atoms with Crippen LogP contribution in [0.25, 0.3) is 0 Å². The van der Waals surface area contributed by atoms with Crippen molar-refractivity contribution in [2.45, 2.75) is 0 Å². The summed E-state index contributed by atoms with van der Waals surface area (Å²) in [6, 6.07) is 16.9. The van der Waals surface area contributed by atoms with Gasteiger partial charge in [-0.1, -0.05) is 36.4 Å². The van der Waals surface area contributed by atoms with Gasteiger partial charge in [0, 0.05) is 51.9 Å². The van der Waals surface area contributed by atoms with Crippen LogP contribution in [-0.2, 0) is 27.7 Å². The molecule has 2 aromatic rings. The first-order valence-electron chi connectivity index (χ1n) is 5.47. The fourth-order valence-corrected chi connectivity index (χ4v) is 1.23. The van der Waals surface area contributed by atoms with Gasteiger partial charge in [-0.15, -0.1) is 0 Å². The van der Waals surface area contributed by atoms with Gasteiger partial charge in [-0.05, 0) is 0 Å². The van der Waals surface area contributed by atoms with E-state index in [4.69, 9.17) is 20.8 Å². The molecule has 0 radical (unpaired) electrons. The van der Waals surface area contributed by atoms with E-state index in [9.17, 15) is 0 Å². The molecule has 0 unspecified atom stereocenters. The Bertz CT molecular complexity index is 525. The van der Waals surface area contributed by atoms with Crippen molar-refractivity contribution in [3.8, 4) is 0 Å². The van der Waals surface area contributed by atoms with E-state index in [2.05, 4.69) is 10.6 Å². The molecule has 0 aliphatic heterocycles. The van der Waals surface area contributed by atoms with Gasteiger partial charge in [-0.3, -0.25) is 10.4 Å². The Kier molecular flexibility index (Phi) is 9.43. The Hall–Kier alpha value is -2.22. The van der Waals surface area contributed by atoms with Crippen molar-refractivity contribution >= 4 is 11.4 Å². The molecule has 0 aromatic heterocycles. The van der Waals surface area contributed by atoms with Crippen molar-refractivity contribution in [3.63, 3.8) is 0 Å². The standard InChI is InChI=1S/2C6H6N2O2.Hg/c2*9-7-8(10)6-4-2-1-3-5-6;/h2*1-5,10H;/p+2. The van der Waals surface area contributed by atoms with Crippen LogP contribution in [0, 0.1) is 0 Å². The normalized spacial score (nSPS) is 10.9. The minimum atomic E-state index is 0. The quantitative estimate of drug-likeness (QED) is 0.230. The maximum absolute atomic E-state index is 8.75. The van der Waals surface area contributed by atoms with E-state index in [0.717, 1.165) is 0 Å². The van der Waals surface area contributed by atoms with Gasteiger partial charge < -0.3 is 10.4 Å². The summed E-state index contributed by atoms with van der Waals surface area (Å²) in [5, 5.41) is 38.8. The molecule has 0 aliphatic carbocycles. The molecule has 106 valence electrons. The van der Waals surface area contributed by atoms with Crippen molar-refractivity contribution < 1.29 is 58.2 Å². The molecule has 0 atom stereocenters. The van der Waals surface area contributed by atoms with Gasteiger partial charge in [0.05, 0.1) is 0 Å². The van der Waals surface area contributed by atoms with E-state index in [1.165, 1.54) is 0 Å².